The predicted octanol–water partition coefficient (Wildman–Crippen LogP) is 3.87. The number of methoxy groups -OCH3 is 1. The first kappa shape index (κ1) is 15.1. The zero-order valence-electron chi connectivity index (χ0n) is 13.1. The molecule has 112 valence electrons. The Bertz CT molecular complexity index is 465. The average Bonchev–Trinajstić information content (AvgIpc) is 2.90. The van der Waals surface area contributed by atoms with Gasteiger partial charge in [-0.25, -0.2) is 0 Å². The van der Waals surface area contributed by atoms with E-state index in [0.717, 1.165) is 19.3 Å². The smallest absolute Gasteiger partial charge is 0.187 e. The van der Waals surface area contributed by atoms with Gasteiger partial charge in [-0.1, -0.05) is 26.2 Å². The van der Waals surface area contributed by atoms with Gasteiger partial charge in [-0.05, 0) is 32.6 Å². The van der Waals surface area contributed by atoms with E-state index in [1.807, 2.05) is 13.8 Å². The molecule has 0 radical (unpaired) electrons. The fraction of sp³-hybridized carbons (Fsp3) is 0.750. The molecule has 2 atom stereocenters. The Labute approximate surface area is 121 Å². The minimum absolute atomic E-state index is 0.136. The van der Waals surface area contributed by atoms with Crippen LogP contribution in [0.15, 0.2) is 6.20 Å². The van der Waals surface area contributed by atoms with Crippen molar-refractivity contribution in [3.63, 3.8) is 0 Å². The Kier molecular flexibility index (Phi) is 4.84. The Morgan fingerprint density at radius 3 is 2.85 bits per heavy atom. The lowest BCUT2D eigenvalue weighted by Gasteiger charge is -2.28. The summed E-state index contributed by atoms with van der Waals surface area (Å²) in [5.74, 6) is 1.66. The minimum Gasteiger partial charge on any atom is -0.493 e. The van der Waals surface area contributed by atoms with E-state index in [1.165, 1.54) is 12.8 Å². The molecule has 0 spiro atoms. The van der Waals surface area contributed by atoms with Crippen molar-refractivity contribution in [3.8, 4) is 5.75 Å². The maximum atomic E-state index is 12.9. The first-order chi connectivity index (χ1) is 9.58. The molecule has 0 bridgehead atoms. The maximum Gasteiger partial charge on any atom is 0.187 e. The van der Waals surface area contributed by atoms with Crippen LogP contribution >= 0.6 is 0 Å². The molecule has 1 saturated carbocycles. The molecule has 2 unspecified atom stereocenters. The zero-order valence-corrected chi connectivity index (χ0v) is 13.1. The lowest BCUT2D eigenvalue weighted by Crippen LogP contribution is -2.26. The van der Waals surface area contributed by atoms with Gasteiger partial charge in [0.2, 0.25) is 0 Å². The van der Waals surface area contributed by atoms with Crippen LogP contribution in [0, 0.1) is 11.8 Å². The van der Waals surface area contributed by atoms with E-state index < -0.39 is 0 Å². The summed E-state index contributed by atoms with van der Waals surface area (Å²) in [6, 6.07) is 0.170. The molecule has 4 nitrogen and oxygen atoms in total. The van der Waals surface area contributed by atoms with Crippen molar-refractivity contribution in [2.75, 3.05) is 7.11 Å². The van der Waals surface area contributed by atoms with Crippen molar-refractivity contribution in [2.24, 2.45) is 11.8 Å². The van der Waals surface area contributed by atoms with E-state index in [-0.39, 0.29) is 17.7 Å². The van der Waals surface area contributed by atoms with Gasteiger partial charge in [0.1, 0.15) is 5.69 Å². The molecule has 0 amide bonds. The summed E-state index contributed by atoms with van der Waals surface area (Å²) in [5.41, 5.74) is 0.657. The van der Waals surface area contributed by atoms with E-state index in [4.69, 9.17) is 4.74 Å². The van der Waals surface area contributed by atoms with Crippen molar-refractivity contribution in [3.05, 3.63) is 11.9 Å². The molecule has 0 N–H and O–H groups in total. The van der Waals surface area contributed by atoms with Crippen molar-refractivity contribution in [1.82, 2.24) is 9.78 Å². The molecule has 2 rings (SSSR count). The number of carbonyl (C=O) groups excluding carboxylic acids is 1. The molecule has 1 aliphatic carbocycles. The summed E-state index contributed by atoms with van der Waals surface area (Å²) in [4.78, 5) is 12.9. The summed E-state index contributed by atoms with van der Waals surface area (Å²) in [7, 11) is 1.61. The molecule has 1 fully saturated rings. The molecular weight excluding hydrogens is 252 g/mol. The number of ketones is 1. The molecule has 20 heavy (non-hydrogen) atoms. The number of nitrogens with zero attached hydrogens (tertiary/aromatic N) is 2. The molecular formula is C16H26N2O2. The van der Waals surface area contributed by atoms with Crippen molar-refractivity contribution < 1.29 is 9.53 Å². The third kappa shape index (κ3) is 2.89. The average molecular weight is 278 g/mol. The maximum absolute atomic E-state index is 12.9. The van der Waals surface area contributed by atoms with E-state index in [9.17, 15) is 4.79 Å². The second-order valence-corrected chi connectivity index (χ2v) is 6.10. The minimum atomic E-state index is 0.136. The quantitative estimate of drug-likeness (QED) is 0.768. The standard InChI is InChI=1S/C16H26N2O2/c1-5-12-7-6-8-13(9-12)16(19)15-14(20-4)10-17-18(15)11(2)3/h10-13H,5-9H2,1-4H3. The third-order valence-electron chi connectivity index (χ3n) is 4.44. The second kappa shape index (κ2) is 6.42. The van der Waals surface area contributed by atoms with E-state index in [1.54, 1.807) is 18.0 Å². The fourth-order valence-electron chi connectivity index (χ4n) is 3.21. The van der Waals surface area contributed by atoms with Crippen LogP contribution in [0.2, 0.25) is 0 Å². The van der Waals surface area contributed by atoms with Gasteiger partial charge in [0, 0.05) is 12.0 Å². The number of Topliss-reactive ketones (excluding diaryl/α,β-unsaturated/α-hetero) is 1. The highest BCUT2D eigenvalue weighted by molar-refractivity contribution is 5.98. The summed E-state index contributed by atoms with van der Waals surface area (Å²) in [6.07, 6.45) is 7.27. The lowest BCUT2D eigenvalue weighted by atomic mass is 9.77. The van der Waals surface area contributed by atoms with Gasteiger partial charge in [0.05, 0.1) is 13.3 Å². The van der Waals surface area contributed by atoms with E-state index >= 15 is 0 Å². The Morgan fingerprint density at radius 2 is 2.25 bits per heavy atom. The molecule has 1 aliphatic rings. The van der Waals surface area contributed by atoms with E-state index in [0.29, 0.717) is 17.4 Å². The van der Waals surface area contributed by atoms with Crippen LogP contribution in [0.3, 0.4) is 0 Å². The number of hydrogen-bond donors (Lipinski definition) is 0. The highest BCUT2D eigenvalue weighted by Crippen LogP contribution is 2.35. The molecule has 4 heteroatoms. The van der Waals surface area contributed by atoms with Crippen LogP contribution < -0.4 is 4.74 Å². The Balaban J connectivity index is 2.26. The van der Waals surface area contributed by atoms with Gasteiger partial charge in [0.15, 0.2) is 11.5 Å². The zero-order chi connectivity index (χ0) is 14.7. The molecule has 1 aromatic rings. The topological polar surface area (TPSA) is 44.1 Å². The van der Waals surface area contributed by atoms with Crippen LogP contribution in [0.1, 0.15) is 69.4 Å². The summed E-state index contributed by atoms with van der Waals surface area (Å²) in [6.45, 7) is 6.30. The van der Waals surface area contributed by atoms with Crippen LogP contribution in [-0.2, 0) is 0 Å². The summed E-state index contributed by atoms with van der Waals surface area (Å²) in [5, 5.41) is 4.31. The number of carbonyl (C=O) groups is 1. The lowest BCUT2D eigenvalue weighted by molar-refractivity contribution is 0.0845. The summed E-state index contributed by atoms with van der Waals surface area (Å²) >= 11 is 0. The van der Waals surface area contributed by atoms with Gasteiger partial charge in [-0.15, -0.1) is 0 Å². The van der Waals surface area contributed by atoms with Gasteiger partial charge >= 0.3 is 0 Å². The second-order valence-electron chi connectivity index (χ2n) is 6.10. The molecule has 1 heterocycles. The number of aromatic nitrogens is 2. The normalized spacial score (nSPS) is 23.1. The van der Waals surface area contributed by atoms with Gasteiger partial charge in [0.25, 0.3) is 0 Å². The monoisotopic (exact) mass is 278 g/mol. The highest BCUT2D eigenvalue weighted by Gasteiger charge is 2.31. The molecule has 1 aromatic heterocycles. The van der Waals surface area contributed by atoms with Crippen molar-refractivity contribution >= 4 is 5.78 Å². The van der Waals surface area contributed by atoms with Crippen LogP contribution in [0.5, 0.6) is 5.75 Å². The Morgan fingerprint density at radius 1 is 1.50 bits per heavy atom. The number of rotatable bonds is 5. The number of hydrogen-bond acceptors (Lipinski definition) is 3. The summed E-state index contributed by atoms with van der Waals surface area (Å²) < 4.78 is 7.14. The third-order valence-corrected chi connectivity index (χ3v) is 4.44. The predicted molar refractivity (Wildman–Crippen MR) is 79.2 cm³/mol. The highest BCUT2D eigenvalue weighted by atomic mass is 16.5. The Hall–Kier alpha value is -1.32. The molecule has 0 aliphatic heterocycles. The largest absolute Gasteiger partial charge is 0.493 e. The van der Waals surface area contributed by atoms with Gasteiger partial charge in [-0.3, -0.25) is 9.48 Å². The van der Waals surface area contributed by atoms with Crippen molar-refractivity contribution in [1.29, 1.82) is 0 Å². The van der Waals surface area contributed by atoms with Crippen molar-refractivity contribution in [2.45, 2.75) is 58.9 Å². The SMILES string of the molecule is CCC1CCCC(C(=O)c2c(OC)cnn2C(C)C)C1. The van der Waals surface area contributed by atoms with Crippen LogP contribution in [-0.4, -0.2) is 22.7 Å². The molecule has 0 saturated heterocycles. The first-order valence-corrected chi connectivity index (χ1v) is 7.74. The van der Waals surface area contributed by atoms with Crippen LogP contribution in [0.4, 0.5) is 0 Å². The fourth-order valence-corrected chi connectivity index (χ4v) is 3.21. The molecule has 0 aromatic carbocycles. The van der Waals surface area contributed by atoms with E-state index in [2.05, 4.69) is 12.0 Å². The van der Waals surface area contributed by atoms with Crippen LogP contribution in [0.25, 0.3) is 0 Å². The van der Waals surface area contributed by atoms with Gasteiger partial charge < -0.3 is 4.74 Å². The van der Waals surface area contributed by atoms with Gasteiger partial charge in [-0.2, -0.15) is 5.10 Å². The first-order valence-electron chi connectivity index (χ1n) is 7.74. The number of ether oxygens (including phenoxy) is 1.